The van der Waals surface area contributed by atoms with Crippen molar-refractivity contribution in [3.63, 3.8) is 0 Å². The van der Waals surface area contributed by atoms with Crippen molar-refractivity contribution in [1.82, 2.24) is 10.5 Å². The number of nitrogens with one attached hydrogen (secondary N) is 1. The zero-order chi connectivity index (χ0) is 19.9. The van der Waals surface area contributed by atoms with E-state index in [9.17, 15) is 5.21 Å². The SMILES string of the molecule is COc1ccc(CN=C(NO)c2cccnc2Oc2cc(Cl)ccc2Cl)cc1. The minimum Gasteiger partial charge on any atom is -0.497 e. The molecule has 0 spiro atoms. The first-order chi connectivity index (χ1) is 13.6. The standard InChI is InChI=1S/C20H17Cl2N3O3/c1-27-15-7-4-13(5-8-15)12-24-19(25-26)16-3-2-10-23-20(16)28-18-11-14(21)6-9-17(18)22/h2-11,26H,12H2,1H3,(H,24,25). The molecule has 3 aromatic rings. The van der Waals surface area contributed by atoms with Crippen molar-refractivity contribution in [2.75, 3.05) is 7.11 Å². The van der Waals surface area contributed by atoms with E-state index in [2.05, 4.69) is 15.5 Å². The number of ether oxygens (including phenoxy) is 2. The van der Waals surface area contributed by atoms with E-state index in [1.807, 2.05) is 24.3 Å². The van der Waals surface area contributed by atoms with Crippen molar-refractivity contribution in [3.8, 4) is 17.4 Å². The third kappa shape index (κ3) is 4.92. The first kappa shape index (κ1) is 19.9. The van der Waals surface area contributed by atoms with Gasteiger partial charge in [0.05, 0.1) is 24.2 Å². The van der Waals surface area contributed by atoms with E-state index in [0.29, 0.717) is 27.9 Å². The van der Waals surface area contributed by atoms with Crippen LogP contribution in [0, 0.1) is 0 Å². The minimum absolute atomic E-state index is 0.206. The molecule has 0 aliphatic rings. The number of aliphatic imine (C=N–C) groups is 1. The molecule has 0 bridgehead atoms. The van der Waals surface area contributed by atoms with Gasteiger partial charge in [0.25, 0.3) is 0 Å². The first-order valence-electron chi connectivity index (χ1n) is 8.26. The second-order valence-corrected chi connectivity index (χ2v) is 6.50. The van der Waals surface area contributed by atoms with E-state index in [1.54, 1.807) is 43.6 Å². The Morgan fingerprint density at radius 3 is 2.64 bits per heavy atom. The van der Waals surface area contributed by atoms with E-state index in [0.717, 1.165) is 11.3 Å². The van der Waals surface area contributed by atoms with Crippen LogP contribution in [0.15, 0.2) is 65.8 Å². The fourth-order valence-corrected chi connectivity index (χ4v) is 2.71. The highest BCUT2D eigenvalue weighted by Gasteiger charge is 2.14. The Kier molecular flexibility index (Phi) is 6.71. The number of rotatable bonds is 6. The number of halogens is 2. The van der Waals surface area contributed by atoms with E-state index >= 15 is 0 Å². The Labute approximate surface area is 172 Å². The lowest BCUT2D eigenvalue weighted by Gasteiger charge is -2.12. The Hall–Kier alpha value is -2.80. The van der Waals surface area contributed by atoms with Crippen LogP contribution in [0.25, 0.3) is 0 Å². The molecule has 0 radical (unpaired) electrons. The molecule has 0 aliphatic heterocycles. The highest BCUT2D eigenvalue weighted by molar-refractivity contribution is 6.34. The fourth-order valence-electron chi connectivity index (χ4n) is 2.39. The third-order valence-electron chi connectivity index (χ3n) is 3.81. The van der Waals surface area contributed by atoms with Gasteiger partial charge in [-0.25, -0.2) is 4.98 Å². The van der Waals surface area contributed by atoms with Crippen molar-refractivity contribution in [3.05, 3.63) is 82.0 Å². The molecule has 0 atom stereocenters. The van der Waals surface area contributed by atoms with Gasteiger partial charge in [0.1, 0.15) is 11.5 Å². The molecular weight excluding hydrogens is 401 g/mol. The van der Waals surface area contributed by atoms with Gasteiger partial charge in [-0.1, -0.05) is 35.3 Å². The molecule has 2 N–H and O–H groups in total. The average Bonchev–Trinajstić information content (AvgIpc) is 2.72. The molecule has 1 aromatic heterocycles. The molecule has 0 aliphatic carbocycles. The number of hydrogen-bond acceptors (Lipinski definition) is 5. The van der Waals surface area contributed by atoms with Crippen molar-refractivity contribution < 1.29 is 14.7 Å². The molecule has 6 nitrogen and oxygen atoms in total. The summed E-state index contributed by atoms with van der Waals surface area (Å²) in [6, 6.07) is 15.8. The van der Waals surface area contributed by atoms with E-state index in [1.165, 1.54) is 0 Å². The summed E-state index contributed by atoms with van der Waals surface area (Å²) in [6.45, 7) is 0.332. The second-order valence-electron chi connectivity index (χ2n) is 5.66. The monoisotopic (exact) mass is 417 g/mol. The molecule has 1 heterocycles. The van der Waals surface area contributed by atoms with E-state index in [4.69, 9.17) is 32.7 Å². The normalized spacial score (nSPS) is 11.2. The van der Waals surface area contributed by atoms with Gasteiger partial charge in [-0.15, -0.1) is 0 Å². The molecule has 0 unspecified atom stereocenters. The van der Waals surface area contributed by atoms with Crippen LogP contribution in [-0.2, 0) is 6.54 Å². The maximum atomic E-state index is 9.60. The molecule has 3 rings (SSSR count). The van der Waals surface area contributed by atoms with Gasteiger partial charge in [0, 0.05) is 17.3 Å². The zero-order valence-electron chi connectivity index (χ0n) is 14.9. The van der Waals surface area contributed by atoms with E-state index in [-0.39, 0.29) is 11.7 Å². The molecule has 2 aromatic carbocycles. The summed E-state index contributed by atoms with van der Waals surface area (Å²) in [5, 5.41) is 10.5. The number of pyridine rings is 1. The third-order valence-corrected chi connectivity index (χ3v) is 4.36. The molecule has 144 valence electrons. The number of methoxy groups -OCH3 is 1. The predicted molar refractivity (Wildman–Crippen MR) is 109 cm³/mol. The largest absolute Gasteiger partial charge is 0.497 e. The molecule has 0 fully saturated rings. The van der Waals surface area contributed by atoms with Crippen molar-refractivity contribution in [2.24, 2.45) is 4.99 Å². The second kappa shape index (κ2) is 9.41. The summed E-state index contributed by atoms with van der Waals surface area (Å²) in [7, 11) is 1.61. The number of amidine groups is 1. The molecule has 0 amide bonds. The molecule has 0 saturated heterocycles. The van der Waals surface area contributed by atoms with Gasteiger partial charge >= 0.3 is 0 Å². The van der Waals surface area contributed by atoms with Crippen LogP contribution in [0.2, 0.25) is 10.0 Å². The summed E-state index contributed by atoms with van der Waals surface area (Å²) in [4.78, 5) is 8.63. The Morgan fingerprint density at radius 2 is 1.93 bits per heavy atom. The minimum atomic E-state index is 0.206. The van der Waals surface area contributed by atoms with Gasteiger partial charge in [0.15, 0.2) is 5.84 Å². The predicted octanol–water partition coefficient (Wildman–Crippen LogP) is 5.11. The maximum Gasteiger partial charge on any atom is 0.230 e. The maximum absolute atomic E-state index is 9.60. The van der Waals surface area contributed by atoms with Crippen LogP contribution in [0.4, 0.5) is 0 Å². The number of nitrogens with zero attached hydrogens (tertiary/aromatic N) is 2. The van der Waals surface area contributed by atoms with Crippen molar-refractivity contribution in [2.45, 2.75) is 6.54 Å². The Morgan fingerprint density at radius 1 is 1.14 bits per heavy atom. The summed E-state index contributed by atoms with van der Waals surface area (Å²) >= 11 is 12.2. The lowest BCUT2D eigenvalue weighted by Crippen LogP contribution is -2.21. The summed E-state index contributed by atoms with van der Waals surface area (Å²) in [5.74, 6) is 1.54. The van der Waals surface area contributed by atoms with Gasteiger partial charge in [-0.3, -0.25) is 15.7 Å². The smallest absolute Gasteiger partial charge is 0.230 e. The van der Waals surface area contributed by atoms with Gasteiger partial charge in [0.2, 0.25) is 5.88 Å². The quantitative estimate of drug-likeness (QED) is 0.330. The van der Waals surface area contributed by atoms with E-state index < -0.39 is 0 Å². The van der Waals surface area contributed by atoms with Crippen LogP contribution < -0.4 is 15.0 Å². The fraction of sp³-hybridized carbons (Fsp3) is 0.100. The lowest BCUT2D eigenvalue weighted by molar-refractivity contribution is 0.234. The van der Waals surface area contributed by atoms with Crippen LogP contribution in [-0.4, -0.2) is 23.1 Å². The highest BCUT2D eigenvalue weighted by atomic mass is 35.5. The number of benzene rings is 2. The lowest BCUT2D eigenvalue weighted by atomic mass is 10.2. The number of hydrogen-bond donors (Lipinski definition) is 2. The van der Waals surface area contributed by atoms with Crippen LogP contribution in [0.5, 0.6) is 17.4 Å². The average molecular weight is 418 g/mol. The van der Waals surface area contributed by atoms with Crippen LogP contribution in [0.1, 0.15) is 11.1 Å². The first-order valence-corrected chi connectivity index (χ1v) is 9.02. The summed E-state index contributed by atoms with van der Waals surface area (Å²) in [6.07, 6.45) is 1.57. The Bertz CT molecular complexity index is 979. The van der Waals surface area contributed by atoms with Gasteiger partial charge in [-0.05, 0) is 42.0 Å². The molecule has 8 heteroatoms. The number of hydroxylamine groups is 1. The molecule has 28 heavy (non-hydrogen) atoms. The Balaban J connectivity index is 1.87. The number of aromatic nitrogens is 1. The van der Waals surface area contributed by atoms with Crippen LogP contribution in [0.3, 0.4) is 0 Å². The van der Waals surface area contributed by atoms with Gasteiger partial charge in [-0.2, -0.15) is 0 Å². The molecular formula is C20H17Cl2N3O3. The summed E-state index contributed by atoms with van der Waals surface area (Å²) in [5.41, 5.74) is 3.52. The van der Waals surface area contributed by atoms with Crippen molar-refractivity contribution in [1.29, 1.82) is 0 Å². The molecule has 0 saturated carbocycles. The summed E-state index contributed by atoms with van der Waals surface area (Å²) < 4.78 is 11.0. The highest BCUT2D eigenvalue weighted by Crippen LogP contribution is 2.32. The van der Waals surface area contributed by atoms with Gasteiger partial charge < -0.3 is 9.47 Å². The topological polar surface area (TPSA) is 76.0 Å². The van der Waals surface area contributed by atoms with Crippen molar-refractivity contribution >= 4 is 29.0 Å². The zero-order valence-corrected chi connectivity index (χ0v) is 16.4. The van der Waals surface area contributed by atoms with Crippen LogP contribution >= 0.6 is 23.2 Å².